The summed E-state index contributed by atoms with van der Waals surface area (Å²) in [5.41, 5.74) is 7.11. The first-order chi connectivity index (χ1) is 9.04. The van der Waals surface area contributed by atoms with Crippen molar-refractivity contribution in [3.63, 3.8) is 0 Å². The van der Waals surface area contributed by atoms with Gasteiger partial charge in [0.2, 0.25) is 5.91 Å². The minimum atomic E-state index is -0.305. The Labute approximate surface area is 121 Å². The van der Waals surface area contributed by atoms with Gasteiger partial charge in [-0.3, -0.25) is 4.79 Å². The Morgan fingerprint density at radius 1 is 1.53 bits per heavy atom. The zero-order valence-electron chi connectivity index (χ0n) is 10.9. The molecule has 104 valence electrons. The SMILES string of the molecule is CCN1C(=O)CCCC(N)C1c1ccc(F)c(Br)c1. The second kappa shape index (κ2) is 6.01. The van der Waals surface area contributed by atoms with Crippen LogP contribution in [0.2, 0.25) is 0 Å². The number of nitrogens with zero attached hydrogens (tertiary/aromatic N) is 1. The molecule has 2 N–H and O–H groups in total. The lowest BCUT2D eigenvalue weighted by Gasteiger charge is -2.33. The van der Waals surface area contributed by atoms with E-state index >= 15 is 0 Å². The van der Waals surface area contributed by atoms with Crippen LogP contribution in [0.1, 0.15) is 37.8 Å². The highest BCUT2D eigenvalue weighted by molar-refractivity contribution is 9.10. The summed E-state index contributed by atoms with van der Waals surface area (Å²) in [6.07, 6.45) is 2.16. The number of benzene rings is 1. The molecule has 0 bridgehead atoms. The number of likely N-dealkylation sites (tertiary alicyclic amines) is 1. The summed E-state index contributed by atoms with van der Waals surface area (Å²) in [6, 6.07) is 4.57. The van der Waals surface area contributed by atoms with E-state index in [1.165, 1.54) is 6.07 Å². The molecule has 2 rings (SSSR count). The number of rotatable bonds is 2. The molecule has 0 aliphatic carbocycles. The number of nitrogens with two attached hydrogens (primary N) is 1. The molecular formula is C14H18BrFN2O. The number of hydrogen-bond donors (Lipinski definition) is 1. The molecule has 0 spiro atoms. The quantitative estimate of drug-likeness (QED) is 0.907. The van der Waals surface area contributed by atoms with Crippen LogP contribution >= 0.6 is 15.9 Å². The molecule has 1 fully saturated rings. The molecule has 0 saturated carbocycles. The smallest absolute Gasteiger partial charge is 0.223 e. The minimum absolute atomic E-state index is 0.108. The van der Waals surface area contributed by atoms with Crippen molar-refractivity contribution in [2.45, 2.75) is 38.3 Å². The number of carbonyl (C=O) groups is 1. The number of carbonyl (C=O) groups excluding carboxylic acids is 1. The Morgan fingerprint density at radius 3 is 2.89 bits per heavy atom. The molecule has 1 aliphatic rings. The molecule has 1 aromatic carbocycles. The van der Waals surface area contributed by atoms with Gasteiger partial charge in [-0.1, -0.05) is 6.07 Å². The summed E-state index contributed by atoms with van der Waals surface area (Å²) < 4.78 is 13.7. The predicted molar refractivity (Wildman–Crippen MR) is 76.1 cm³/mol. The fraction of sp³-hybridized carbons (Fsp3) is 0.500. The molecule has 3 nitrogen and oxygen atoms in total. The standard InChI is InChI=1S/C14H18BrFN2O/c1-2-18-13(19)5-3-4-12(17)14(18)9-6-7-11(16)10(15)8-9/h6-8,12,14H,2-5,17H2,1H3. The van der Waals surface area contributed by atoms with Crippen molar-refractivity contribution < 1.29 is 9.18 Å². The Kier molecular flexibility index (Phi) is 4.58. The van der Waals surface area contributed by atoms with E-state index in [0.29, 0.717) is 17.4 Å². The lowest BCUT2D eigenvalue weighted by Crippen LogP contribution is -2.42. The molecule has 5 heteroatoms. The average molecular weight is 329 g/mol. The van der Waals surface area contributed by atoms with Crippen molar-refractivity contribution in [2.75, 3.05) is 6.54 Å². The van der Waals surface area contributed by atoms with Gasteiger partial charge in [0.1, 0.15) is 5.82 Å². The van der Waals surface area contributed by atoms with E-state index in [-0.39, 0.29) is 23.8 Å². The van der Waals surface area contributed by atoms with Crippen LogP contribution in [0.4, 0.5) is 4.39 Å². The minimum Gasteiger partial charge on any atom is -0.334 e. The highest BCUT2D eigenvalue weighted by Gasteiger charge is 2.32. The van der Waals surface area contributed by atoms with E-state index in [4.69, 9.17) is 5.73 Å². The van der Waals surface area contributed by atoms with E-state index in [9.17, 15) is 9.18 Å². The van der Waals surface area contributed by atoms with Gasteiger partial charge in [-0.25, -0.2) is 4.39 Å². The van der Waals surface area contributed by atoms with Gasteiger partial charge in [0.05, 0.1) is 10.5 Å². The van der Waals surface area contributed by atoms with Gasteiger partial charge in [-0.2, -0.15) is 0 Å². The molecular weight excluding hydrogens is 311 g/mol. The maximum atomic E-state index is 13.3. The van der Waals surface area contributed by atoms with Crippen LogP contribution in [0.3, 0.4) is 0 Å². The molecule has 1 amide bonds. The van der Waals surface area contributed by atoms with Gasteiger partial charge in [0.25, 0.3) is 0 Å². The summed E-state index contributed by atoms with van der Waals surface area (Å²) in [6.45, 7) is 2.56. The molecule has 19 heavy (non-hydrogen) atoms. The van der Waals surface area contributed by atoms with Crippen molar-refractivity contribution in [3.05, 3.63) is 34.1 Å². The molecule has 2 atom stereocenters. The zero-order chi connectivity index (χ0) is 14.0. The lowest BCUT2D eigenvalue weighted by molar-refractivity contribution is -0.133. The third-order valence-electron chi connectivity index (χ3n) is 3.62. The largest absolute Gasteiger partial charge is 0.334 e. The van der Waals surface area contributed by atoms with Crippen LogP contribution in [0.25, 0.3) is 0 Å². The van der Waals surface area contributed by atoms with Crippen LogP contribution in [-0.2, 0) is 4.79 Å². The summed E-state index contributed by atoms with van der Waals surface area (Å²) in [4.78, 5) is 13.9. The molecule has 1 saturated heterocycles. The number of likely N-dealkylation sites (N-methyl/N-ethyl adjacent to an activating group) is 1. The van der Waals surface area contributed by atoms with E-state index in [1.807, 2.05) is 6.92 Å². The van der Waals surface area contributed by atoms with Gasteiger partial charge in [0, 0.05) is 19.0 Å². The topological polar surface area (TPSA) is 46.3 Å². The third-order valence-corrected chi connectivity index (χ3v) is 4.22. The van der Waals surface area contributed by atoms with Gasteiger partial charge in [0.15, 0.2) is 0 Å². The number of amides is 1. The number of hydrogen-bond acceptors (Lipinski definition) is 2. The maximum Gasteiger partial charge on any atom is 0.223 e. The Morgan fingerprint density at radius 2 is 2.26 bits per heavy atom. The summed E-state index contributed by atoms with van der Waals surface area (Å²) in [5.74, 6) is -0.179. The number of halogens is 2. The third kappa shape index (κ3) is 2.98. The first-order valence-corrected chi connectivity index (χ1v) is 7.34. The van der Waals surface area contributed by atoms with Crippen molar-refractivity contribution in [1.82, 2.24) is 4.90 Å². The van der Waals surface area contributed by atoms with E-state index in [2.05, 4.69) is 15.9 Å². The normalized spacial score (nSPS) is 24.4. The van der Waals surface area contributed by atoms with Crippen LogP contribution in [0.5, 0.6) is 0 Å². The second-order valence-electron chi connectivity index (χ2n) is 4.85. The fourth-order valence-corrected chi connectivity index (χ4v) is 3.07. The molecule has 1 heterocycles. The summed E-state index contributed by atoms with van der Waals surface area (Å²) in [5, 5.41) is 0. The van der Waals surface area contributed by atoms with Gasteiger partial charge >= 0.3 is 0 Å². The lowest BCUT2D eigenvalue weighted by atomic mass is 9.96. The van der Waals surface area contributed by atoms with E-state index < -0.39 is 0 Å². The highest BCUT2D eigenvalue weighted by atomic mass is 79.9. The van der Waals surface area contributed by atoms with E-state index in [0.717, 1.165) is 18.4 Å². The van der Waals surface area contributed by atoms with Crippen LogP contribution < -0.4 is 5.73 Å². The van der Waals surface area contributed by atoms with Crippen molar-refractivity contribution >= 4 is 21.8 Å². The summed E-state index contributed by atoms with van der Waals surface area (Å²) in [7, 11) is 0. The Hall–Kier alpha value is -0.940. The first kappa shape index (κ1) is 14.5. The summed E-state index contributed by atoms with van der Waals surface area (Å²) >= 11 is 3.19. The van der Waals surface area contributed by atoms with E-state index in [1.54, 1.807) is 17.0 Å². The Balaban J connectivity index is 2.41. The fourth-order valence-electron chi connectivity index (χ4n) is 2.67. The first-order valence-electron chi connectivity index (χ1n) is 6.54. The van der Waals surface area contributed by atoms with Crippen LogP contribution in [-0.4, -0.2) is 23.4 Å². The highest BCUT2D eigenvalue weighted by Crippen LogP contribution is 2.31. The molecule has 1 aliphatic heterocycles. The van der Waals surface area contributed by atoms with Crippen molar-refractivity contribution in [2.24, 2.45) is 5.73 Å². The average Bonchev–Trinajstić information content (AvgIpc) is 2.52. The maximum absolute atomic E-state index is 13.3. The molecule has 1 aromatic rings. The van der Waals surface area contributed by atoms with Gasteiger partial charge in [-0.05, 0) is 53.4 Å². The molecule has 0 radical (unpaired) electrons. The van der Waals surface area contributed by atoms with Gasteiger partial charge < -0.3 is 10.6 Å². The van der Waals surface area contributed by atoms with Gasteiger partial charge in [-0.15, -0.1) is 0 Å². The van der Waals surface area contributed by atoms with Crippen molar-refractivity contribution in [3.8, 4) is 0 Å². The zero-order valence-corrected chi connectivity index (χ0v) is 12.5. The predicted octanol–water partition coefficient (Wildman–Crippen LogP) is 2.99. The monoisotopic (exact) mass is 328 g/mol. The van der Waals surface area contributed by atoms with Crippen molar-refractivity contribution in [1.29, 1.82) is 0 Å². The van der Waals surface area contributed by atoms with Crippen LogP contribution in [0.15, 0.2) is 22.7 Å². The molecule has 2 unspecified atom stereocenters. The van der Waals surface area contributed by atoms with Crippen LogP contribution in [0, 0.1) is 5.82 Å². The second-order valence-corrected chi connectivity index (χ2v) is 5.71. The molecule has 0 aromatic heterocycles. The Bertz CT molecular complexity index is 481.